The van der Waals surface area contributed by atoms with Crippen molar-refractivity contribution >= 4 is 17.8 Å². The van der Waals surface area contributed by atoms with Gasteiger partial charge in [0, 0.05) is 52.9 Å². The molecule has 172 valence electrons. The molecule has 1 saturated heterocycles. The lowest BCUT2D eigenvalue weighted by molar-refractivity contribution is -0.122. The number of amides is 2. The second-order valence-corrected chi connectivity index (χ2v) is 7.11. The fourth-order valence-corrected chi connectivity index (χ4v) is 3.19. The molecule has 1 aromatic carbocycles. The molecular weight excluding hydrogens is 400 g/mol. The van der Waals surface area contributed by atoms with Crippen LogP contribution in [0.2, 0.25) is 0 Å². The molecule has 1 fully saturated rings. The number of carbonyl (C=O) groups excluding carboxylic acids is 2. The molecule has 10 heteroatoms. The first-order valence-electron chi connectivity index (χ1n) is 10.6. The van der Waals surface area contributed by atoms with E-state index < -0.39 is 0 Å². The maximum atomic E-state index is 12.2. The van der Waals surface area contributed by atoms with Gasteiger partial charge in [-0.1, -0.05) is 12.1 Å². The van der Waals surface area contributed by atoms with Crippen LogP contribution in [0.1, 0.15) is 17.3 Å². The van der Waals surface area contributed by atoms with Gasteiger partial charge in [-0.3, -0.25) is 19.5 Å². The van der Waals surface area contributed by atoms with Crippen LogP contribution in [-0.2, 0) is 9.53 Å². The Hall–Kier alpha value is -2.85. The van der Waals surface area contributed by atoms with Gasteiger partial charge in [-0.15, -0.1) is 0 Å². The molecule has 1 aliphatic heterocycles. The molecule has 31 heavy (non-hydrogen) atoms. The van der Waals surface area contributed by atoms with Gasteiger partial charge in [-0.2, -0.15) is 0 Å². The number of piperazine rings is 1. The first-order chi connectivity index (χ1) is 15.0. The zero-order valence-electron chi connectivity index (χ0n) is 18.4. The Labute approximate surface area is 183 Å². The Morgan fingerprint density at radius 3 is 2.52 bits per heavy atom. The van der Waals surface area contributed by atoms with E-state index in [0.717, 1.165) is 38.7 Å². The number of para-hydroxylation sites is 1. The molecule has 0 aromatic heterocycles. The van der Waals surface area contributed by atoms with Crippen molar-refractivity contribution < 1.29 is 19.4 Å². The highest BCUT2D eigenvalue weighted by molar-refractivity contribution is 5.96. The van der Waals surface area contributed by atoms with Crippen LogP contribution in [0.5, 0.6) is 5.75 Å². The van der Waals surface area contributed by atoms with Gasteiger partial charge in [0.2, 0.25) is 5.91 Å². The Morgan fingerprint density at radius 2 is 1.84 bits per heavy atom. The van der Waals surface area contributed by atoms with Gasteiger partial charge in [-0.05, 0) is 19.1 Å². The number of ether oxygens (including phenoxy) is 1. The van der Waals surface area contributed by atoms with E-state index in [2.05, 4.69) is 30.7 Å². The number of benzene rings is 1. The van der Waals surface area contributed by atoms with Crippen LogP contribution in [0.3, 0.4) is 0 Å². The first-order valence-corrected chi connectivity index (χ1v) is 10.6. The van der Waals surface area contributed by atoms with Gasteiger partial charge < -0.3 is 30.7 Å². The van der Waals surface area contributed by atoms with Crippen molar-refractivity contribution in [1.82, 2.24) is 25.8 Å². The summed E-state index contributed by atoms with van der Waals surface area (Å²) in [6.45, 7) is 8.02. The Morgan fingerprint density at radius 1 is 1.10 bits per heavy atom. The molecule has 1 aromatic rings. The minimum Gasteiger partial charge on any atom is -0.507 e. The third-order valence-electron chi connectivity index (χ3n) is 4.81. The number of aromatic hydroxyl groups is 1. The van der Waals surface area contributed by atoms with Crippen LogP contribution in [0.25, 0.3) is 0 Å². The summed E-state index contributed by atoms with van der Waals surface area (Å²) in [5.41, 5.74) is 0.251. The van der Waals surface area contributed by atoms with Gasteiger partial charge in [-0.25, -0.2) is 0 Å². The molecule has 0 saturated carbocycles. The minimum atomic E-state index is -0.323. The van der Waals surface area contributed by atoms with Crippen molar-refractivity contribution in [1.29, 1.82) is 0 Å². The Balaban J connectivity index is 1.76. The third kappa shape index (κ3) is 8.42. The largest absolute Gasteiger partial charge is 0.507 e. The van der Waals surface area contributed by atoms with E-state index in [9.17, 15) is 14.7 Å². The fraction of sp³-hybridized carbons (Fsp3) is 0.571. The quantitative estimate of drug-likeness (QED) is 0.222. The van der Waals surface area contributed by atoms with Gasteiger partial charge in [0.15, 0.2) is 5.96 Å². The molecule has 0 atom stereocenters. The van der Waals surface area contributed by atoms with E-state index in [1.54, 1.807) is 25.3 Å². The molecule has 0 bridgehead atoms. The van der Waals surface area contributed by atoms with Crippen LogP contribution >= 0.6 is 0 Å². The SMILES string of the molecule is CCNC(=NCCNC(=O)c1ccccc1O)N1CCN(CC(=O)NCCOC)CC1. The topological polar surface area (TPSA) is 119 Å². The second kappa shape index (κ2) is 13.5. The molecule has 10 nitrogen and oxygen atoms in total. The summed E-state index contributed by atoms with van der Waals surface area (Å²) >= 11 is 0. The third-order valence-corrected chi connectivity index (χ3v) is 4.81. The molecule has 1 aliphatic rings. The summed E-state index contributed by atoms with van der Waals surface area (Å²) in [5.74, 6) is 0.438. The lowest BCUT2D eigenvalue weighted by Gasteiger charge is -2.36. The molecule has 0 spiro atoms. The van der Waals surface area contributed by atoms with Crippen LogP contribution in [0.15, 0.2) is 29.3 Å². The predicted octanol–water partition coefficient (Wildman–Crippen LogP) is -0.532. The molecule has 4 N–H and O–H groups in total. The number of guanidine groups is 1. The van der Waals surface area contributed by atoms with Gasteiger partial charge >= 0.3 is 0 Å². The number of aliphatic imine (C=N–C) groups is 1. The summed E-state index contributed by atoms with van der Waals surface area (Å²) < 4.78 is 4.94. The number of hydrogen-bond donors (Lipinski definition) is 4. The number of rotatable bonds is 10. The maximum absolute atomic E-state index is 12.2. The Bertz CT molecular complexity index is 734. The van der Waals surface area contributed by atoms with Crippen molar-refractivity contribution in [3.63, 3.8) is 0 Å². The zero-order chi connectivity index (χ0) is 22.5. The van der Waals surface area contributed by atoms with E-state index in [-0.39, 0.29) is 23.1 Å². The van der Waals surface area contributed by atoms with Crippen molar-refractivity contribution in [3.8, 4) is 5.75 Å². The molecular formula is C21H34N6O4. The Kier molecular flexibility index (Phi) is 10.6. The van der Waals surface area contributed by atoms with E-state index in [4.69, 9.17) is 4.74 Å². The average Bonchev–Trinajstić information content (AvgIpc) is 2.77. The maximum Gasteiger partial charge on any atom is 0.255 e. The van der Waals surface area contributed by atoms with Crippen LogP contribution in [0.4, 0.5) is 0 Å². The second-order valence-electron chi connectivity index (χ2n) is 7.11. The summed E-state index contributed by atoms with van der Waals surface area (Å²) in [4.78, 5) is 33.0. The molecule has 2 rings (SSSR count). The monoisotopic (exact) mass is 434 g/mol. The summed E-state index contributed by atoms with van der Waals surface area (Å²) in [6.07, 6.45) is 0. The number of phenols is 1. The van der Waals surface area contributed by atoms with E-state index in [1.165, 1.54) is 6.07 Å². The highest BCUT2D eigenvalue weighted by Crippen LogP contribution is 2.14. The van der Waals surface area contributed by atoms with E-state index in [0.29, 0.717) is 32.8 Å². The van der Waals surface area contributed by atoms with Gasteiger partial charge in [0.25, 0.3) is 5.91 Å². The number of nitrogens with one attached hydrogen (secondary N) is 3. The van der Waals surface area contributed by atoms with Crippen molar-refractivity contribution in [2.24, 2.45) is 4.99 Å². The van der Waals surface area contributed by atoms with Crippen molar-refractivity contribution in [2.45, 2.75) is 6.92 Å². The molecule has 0 unspecified atom stereocenters. The lowest BCUT2D eigenvalue weighted by Crippen LogP contribution is -2.54. The molecule has 0 aliphatic carbocycles. The zero-order valence-corrected chi connectivity index (χ0v) is 18.4. The molecule has 0 radical (unpaired) electrons. The van der Waals surface area contributed by atoms with Crippen molar-refractivity contribution in [2.75, 3.05) is 72.6 Å². The number of nitrogens with zero attached hydrogens (tertiary/aromatic N) is 3. The normalized spacial score (nSPS) is 14.9. The first kappa shape index (κ1) is 24.4. The fourth-order valence-electron chi connectivity index (χ4n) is 3.19. The summed E-state index contributed by atoms with van der Waals surface area (Å²) in [6, 6.07) is 6.44. The smallest absolute Gasteiger partial charge is 0.255 e. The van der Waals surface area contributed by atoms with Gasteiger partial charge in [0.1, 0.15) is 5.75 Å². The summed E-state index contributed by atoms with van der Waals surface area (Å²) in [5, 5.41) is 18.7. The summed E-state index contributed by atoms with van der Waals surface area (Å²) in [7, 11) is 1.61. The molecule has 2 amide bonds. The van der Waals surface area contributed by atoms with Crippen LogP contribution in [-0.4, -0.2) is 105 Å². The number of carbonyl (C=O) groups is 2. The highest BCUT2D eigenvalue weighted by atomic mass is 16.5. The van der Waals surface area contributed by atoms with Crippen LogP contribution < -0.4 is 16.0 Å². The lowest BCUT2D eigenvalue weighted by atomic mass is 10.2. The average molecular weight is 435 g/mol. The minimum absolute atomic E-state index is 0.00580. The molecule has 1 heterocycles. The van der Waals surface area contributed by atoms with Crippen LogP contribution in [0, 0.1) is 0 Å². The highest BCUT2D eigenvalue weighted by Gasteiger charge is 2.21. The van der Waals surface area contributed by atoms with Crippen molar-refractivity contribution in [3.05, 3.63) is 29.8 Å². The van der Waals surface area contributed by atoms with Gasteiger partial charge in [0.05, 0.1) is 25.3 Å². The number of phenolic OH excluding ortho intramolecular Hbond substituents is 1. The van der Waals surface area contributed by atoms with E-state index in [1.807, 2.05) is 6.92 Å². The predicted molar refractivity (Wildman–Crippen MR) is 119 cm³/mol. The number of methoxy groups -OCH3 is 1. The van der Waals surface area contributed by atoms with E-state index >= 15 is 0 Å². The number of hydrogen-bond acceptors (Lipinski definition) is 6. The standard InChI is InChI=1S/C21H34N6O4/c1-3-22-21(25-9-8-24-20(30)17-6-4-5-7-18(17)28)27-13-11-26(12-14-27)16-19(29)23-10-15-31-2/h4-7,28H,3,8-16H2,1-2H3,(H,22,25)(H,23,29)(H,24,30).